The van der Waals surface area contributed by atoms with Crippen molar-refractivity contribution >= 4 is 5.91 Å². The molecule has 1 aliphatic rings. The van der Waals surface area contributed by atoms with Gasteiger partial charge in [0.15, 0.2) is 0 Å². The third-order valence-electron chi connectivity index (χ3n) is 3.22. The molecule has 0 saturated carbocycles. The van der Waals surface area contributed by atoms with E-state index >= 15 is 0 Å². The topological polar surface area (TPSA) is 52.6 Å². The number of aliphatic hydroxyl groups is 1. The van der Waals surface area contributed by atoms with Crippen molar-refractivity contribution in [3.63, 3.8) is 0 Å². The van der Waals surface area contributed by atoms with Crippen molar-refractivity contribution in [2.24, 2.45) is 0 Å². The summed E-state index contributed by atoms with van der Waals surface area (Å²) in [6.07, 6.45) is 3.13. The van der Waals surface area contributed by atoms with Gasteiger partial charge in [0.25, 0.3) is 0 Å². The van der Waals surface area contributed by atoms with Crippen LogP contribution in [0.4, 0.5) is 0 Å². The largest absolute Gasteiger partial charge is 0.390 e. The second kappa shape index (κ2) is 5.46. The number of rotatable bonds is 4. The van der Waals surface area contributed by atoms with Crippen LogP contribution in [0.2, 0.25) is 0 Å². The Morgan fingerprint density at radius 2 is 2.19 bits per heavy atom. The molecule has 0 aliphatic carbocycles. The van der Waals surface area contributed by atoms with Crippen LogP contribution in [-0.4, -0.2) is 47.2 Å². The van der Waals surface area contributed by atoms with Gasteiger partial charge in [0.05, 0.1) is 11.6 Å². The van der Waals surface area contributed by atoms with Crippen LogP contribution in [0.5, 0.6) is 0 Å². The van der Waals surface area contributed by atoms with E-state index in [1.807, 2.05) is 13.8 Å². The fourth-order valence-electron chi connectivity index (χ4n) is 1.88. The molecule has 1 amide bonds. The van der Waals surface area contributed by atoms with Crippen molar-refractivity contribution in [1.29, 1.82) is 0 Å². The average Bonchev–Trinajstić information content (AvgIpc) is 2.25. The Labute approximate surface area is 97.3 Å². The fourth-order valence-corrected chi connectivity index (χ4v) is 1.88. The molecule has 1 saturated heterocycles. The molecule has 92 valence electrons. The molecule has 0 aromatic rings. The van der Waals surface area contributed by atoms with Gasteiger partial charge in [-0.15, -0.1) is 6.58 Å². The first-order chi connectivity index (χ1) is 7.46. The Morgan fingerprint density at radius 3 is 2.69 bits per heavy atom. The third kappa shape index (κ3) is 3.61. The van der Waals surface area contributed by atoms with Gasteiger partial charge in [0, 0.05) is 19.6 Å². The second-order valence-corrected chi connectivity index (χ2v) is 4.74. The van der Waals surface area contributed by atoms with Gasteiger partial charge in [-0.1, -0.05) is 6.08 Å². The zero-order chi connectivity index (χ0) is 12.2. The Hall–Kier alpha value is -0.870. The summed E-state index contributed by atoms with van der Waals surface area (Å²) in [7, 11) is 0. The van der Waals surface area contributed by atoms with Crippen molar-refractivity contribution in [1.82, 2.24) is 10.2 Å². The first-order valence-corrected chi connectivity index (χ1v) is 5.81. The van der Waals surface area contributed by atoms with Crippen LogP contribution in [0.1, 0.15) is 26.7 Å². The summed E-state index contributed by atoms with van der Waals surface area (Å²) in [5, 5.41) is 12.6. The molecule has 0 aromatic carbocycles. The van der Waals surface area contributed by atoms with Crippen molar-refractivity contribution in [2.45, 2.75) is 38.3 Å². The molecule has 2 N–H and O–H groups in total. The SMILES string of the molecule is C=CCNC(=O)C(C)N1CCC(C)(O)CC1. The average molecular weight is 226 g/mol. The van der Waals surface area contributed by atoms with Crippen molar-refractivity contribution in [3.05, 3.63) is 12.7 Å². The van der Waals surface area contributed by atoms with Crippen LogP contribution in [0, 0.1) is 0 Å². The van der Waals surface area contributed by atoms with Gasteiger partial charge < -0.3 is 10.4 Å². The minimum absolute atomic E-state index is 0.0291. The maximum absolute atomic E-state index is 11.7. The Bertz CT molecular complexity index is 254. The molecule has 1 heterocycles. The highest BCUT2D eigenvalue weighted by molar-refractivity contribution is 5.81. The number of carbonyl (C=O) groups excluding carboxylic acids is 1. The maximum Gasteiger partial charge on any atom is 0.237 e. The summed E-state index contributed by atoms with van der Waals surface area (Å²) in [4.78, 5) is 13.8. The number of amides is 1. The van der Waals surface area contributed by atoms with Crippen molar-refractivity contribution in [3.8, 4) is 0 Å². The second-order valence-electron chi connectivity index (χ2n) is 4.74. The summed E-state index contributed by atoms with van der Waals surface area (Å²) >= 11 is 0. The van der Waals surface area contributed by atoms with E-state index in [1.54, 1.807) is 6.08 Å². The number of likely N-dealkylation sites (tertiary alicyclic amines) is 1. The molecule has 0 radical (unpaired) electrons. The number of nitrogens with one attached hydrogen (secondary N) is 1. The lowest BCUT2D eigenvalue weighted by atomic mass is 9.93. The predicted molar refractivity (Wildman–Crippen MR) is 64.1 cm³/mol. The number of hydrogen-bond donors (Lipinski definition) is 2. The van der Waals surface area contributed by atoms with Crippen LogP contribution in [0.3, 0.4) is 0 Å². The van der Waals surface area contributed by atoms with Crippen LogP contribution in [0.15, 0.2) is 12.7 Å². The summed E-state index contributed by atoms with van der Waals surface area (Å²) in [5.74, 6) is 0.0291. The van der Waals surface area contributed by atoms with Gasteiger partial charge in [0.2, 0.25) is 5.91 Å². The molecule has 16 heavy (non-hydrogen) atoms. The van der Waals surface area contributed by atoms with Gasteiger partial charge >= 0.3 is 0 Å². The lowest BCUT2D eigenvalue weighted by molar-refractivity contribution is -0.127. The van der Waals surface area contributed by atoms with E-state index in [0.29, 0.717) is 6.54 Å². The number of piperidine rings is 1. The van der Waals surface area contributed by atoms with Gasteiger partial charge in [-0.2, -0.15) is 0 Å². The molecule has 1 aliphatic heterocycles. The standard InChI is InChI=1S/C12H22N2O2/c1-4-7-13-11(15)10(2)14-8-5-12(3,16)6-9-14/h4,10,16H,1,5-9H2,2-3H3,(H,13,15). The van der Waals surface area contributed by atoms with Gasteiger partial charge in [-0.3, -0.25) is 9.69 Å². The number of hydrogen-bond acceptors (Lipinski definition) is 3. The molecule has 1 unspecified atom stereocenters. The van der Waals surface area contributed by atoms with Crippen LogP contribution in [0.25, 0.3) is 0 Å². The van der Waals surface area contributed by atoms with Crippen LogP contribution >= 0.6 is 0 Å². The molecule has 0 aromatic heterocycles. The van der Waals surface area contributed by atoms with Gasteiger partial charge in [-0.25, -0.2) is 0 Å². The smallest absolute Gasteiger partial charge is 0.237 e. The number of nitrogens with zero attached hydrogens (tertiary/aromatic N) is 1. The van der Waals surface area contributed by atoms with E-state index in [1.165, 1.54) is 0 Å². The Morgan fingerprint density at radius 1 is 1.62 bits per heavy atom. The summed E-state index contributed by atoms with van der Waals surface area (Å²) in [5.41, 5.74) is -0.562. The zero-order valence-electron chi connectivity index (χ0n) is 10.2. The van der Waals surface area contributed by atoms with E-state index in [-0.39, 0.29) is 11.9 Å². The van der Waals surface area contributed by atoms with Crippen LogP contribution < -0.4 is 5.32 Å². The first-order valence-electron chi connectivity index (χ1n) is 5.81. The highest BCUT2D eigenvalue weighted by atomic mass is 16.3. The molecule has 0 bridgehead atoms. The predicted octanol–water partition coefficient (Wildman–Crippen LogP) is 0.524. The van der Waals surface area contributed by atoms with E-state index in [4.69, 9.17) is 0 Å². The fraction of sp³-hybridized carbons (Fsp3) is 0.750. The monoisotopic (exact) mass is 226 g/mol. The maximum atomic E-state index is 11.7. The summed E-state index contributed by atoms with van der Waals surface area (Å²) in [6, 6.07) is -0.129. The number of carbonyl (C=O) groups is 1. The summed E-state index contributed by atoms with van der Waals surface area (Å²) in [6.45, 7) is 9.37. The van der Waals surface area contributed by atoms with E-state index in [2.05, 4.69) is 16.8 Å². The molecule has 1 rings (SSSR count). The lowest BCUT2D eigenvalue weighted by Crippen LogP contribution is -2.51. The van der Waals surface area contributed by atoms with E-state index in [9.17, 15) is 9.90 Å². The van der Waals surface area contributed by atoms with E-state index < -0.39 is 5.60 Å². The normalized spacial score (nSPS) is 22.4. The van der Waals surface area contributed by atoms with Crippen LogP contribution in [-0.2, 0) is 4.79 Å². The molecule has 1 fully saturated rings. The van der Waals surface area contributed by atoms with Gasteiger partial charge in [0.1, 0.15) is 0 Å². The van der Waals surface area contributed by atoms with Crippen molar-refractivity contribution in [2.75, 3.05) is 19.6 Å². The highest BCUT2D eigenvalue weighted by Crippen LogP contribution is 2.22. The molecule has 1 atom stereocenters. The third-order valence-corrected chi connectivity index (χ3v) is 3.22. The summed E-state index contributed by atoms with van der Waals surface area (Å²) < 4.78 is 0. The highest BCUT2D eigenvalue weighted by Gasteiger charge is 2.31. The van der Waals surface area contributed by atoms with E-state index in [0.717, 1.165) is 25.9 Å². The molecule has 4 heteroatoms. The quantitative estimate of drug-likeness (QED) is 0.687. The zero-order valence-corrected chi connectivity index (χ0v) is 10.2. The Balaban J connectivity index is 2.40. The minimum atomic E-state index is -0.562. The Kier molecular flexibility index (Phi) is 4.50. The molecule has 4 nitrogen and oxygen atoms in total. The molecular weight excluding hydrogens is 204 g/mol. The van der Waals surface area contributed by atoms with Crippen molar-refractivity contribution < 1.29 is 9.90 Å². The molecule has 0 spiro atoms. The molecular formula is C12H22N2O2. The first kappa shape index (κ1) is 13.2. The lowest BCUT2D eigenvalue weighted by Gasteiger charge is -2.38. The van der Waals surface area contributed by atoms with Gasteiger partial charge in [-0.05, 0) is 26.7 Å². The minimum Gasteiger partial charge on any atom is -0.390 e.